The molecule has 0 aromatic rings. The summed E-state index contributed by atoms with van der Waals surface area (Å²) in [5, 5.41) is 56.6. The number of aliphatic hydroxyl groups excluding tert-OH is 5. The lowest BCUT2D eigenvalue weighted by atomic mass is 9.99. The van der Waals surface area contributed by atoms with E-state index in [0.717, 1.165) is 51.4 Å². The molecule has 0 saturated carbocycles. The van der Waals surface area contributed by atoms with Crippen LogP contribution in [0.1, 0.15) is 245 Å². The molecule has 6 N–H and O–H groups in total. The van der Waals surface area contributed by atoms with Crippen LogP contribution in [0.4, 0.5) is 0 Å². The van der Waals surface area contributed by atoms with Gasteiger partial charge in [0.15, 0.2) is 12.4 Å². The summed E-state index contributed by atoms with van der Waals surface area (Å²) in [7, 11) is 0. The van der Waals surface area contributed by atoms with Crippen molar-refractivity contribution in [3.63, 3.8) is 0 Å². The Hall–Kier alpha value is -2.12. The lowest BCUT2D eigenvalue weighted by Crippen LogP contribution is -2.61. The smallest absolute Gasteiger partial charge is 0.306 e. The number of unbranched alkanes of at least 4 members (excludes halogenated alkanes) is 28. The maximum absolute atomic E-state index is 13.3. The van der Waals surface area contributed by atoms with Crippen molar-refractivity contribution in [3.05, 3.63) is 36.5 Å². The third-order valence-corrected chi connectivity index (χ3v) is 13.1. The van der Waals surface area contributed by atoms with Gasteiger partial charge in [0, 0.05) is 6.42 Å². The summed E-state index contributed by atoms with van der Waals surface area (Å²) in [6.07, 6.45) is 40.6. The van der Waals surface area contributed by atoms with Crippen LogP contribution in [-0.4, -0.2) is 99.6 Å². The fraction of sp³-hybridized carbons (Fsp3) is 0.857. The van der Waals surface area contributed by atoms with E-state index < -0.39 is 67.4 Å². The largest absolute Gasteiger partial charge is 0.454 e. The minimum absolute atomic E-state index is 0.0196. The van der Waals surface area contributed by atoms with Crippen LogP contribution >= 0.6 is 0 Å². The Labute approximate surface area is 409 Å². The third-order valence-electron chi connectivity index (χ3n) is 13.1. The molecule has 1 heterocycles. The molecule has 0 radical (unpaired) electrons. The van der Waals surface area contributed by atoms with E-state index in [1.165, 1.54) is 148 Å². The van der Waals surface area contributed by atoms with Crippen LogP contribution in [0, 0.1) is 0 Å². The Morgan fingerprint density at radius 1 is 0.582 bits per heavy atom. The van der Waals surface area contributed by atoms with Gasteiger partial charge in [-0.3, -0.25) is 9.59 Å². The maximum atomic E-state index is 13.3. The van der Waals surface area contributed by atoms with Gasteiger partial charge in [0.1, 0.15) is 24.4 Å². The second kappa shape index (κ2) is 45.0. The number of carbonyl (C=O) groups excluding carboxylic acids is 2. The maximum Gasteiger partial charge on any atom is 0.306 e. The van der Waals surface area contributed by atoms with Gasteiger partial charge in [-0.2, -0.15) is 0 Å². The standard InChI is InChI=1S/C56H103NO10/c1-4-7-10-13-16-19-22-24-26-28-31-34-37-40-43-49(60)55(64)57-47(48(59)42-39-36-33-30-27-21-18-15-12-9-6-3)46-65-56-54(53(63)52(62)50(45-58)66-56)67-51(61)44-41-38-35-32-29-25-23-20-17-14-11-8-5-2/h25,29,35,38-39,42,47-50,52-54,56,58-60,62-63H,4-24,26-28,30-34,36-37,40-41,43-46H2,1-3H3,(H,57,64)/b29-25-,38-35+,42-39+. The van der Waals surface area contributed by atoms with Crippen molar-refractivity contribution in [3.8, 4) is 0 Å². The molecule has 1 aliphatic heterocycles. The number of ether oxygens (including phenoxy) is 3. The van der Waals surface area contributed by atoms with Gasteiger partial charge in [0.05, 0.1) is 25.4 Å². The first-order valence-corrected chi connectivity index (χ1v) is 27.8. The van der Waals surface area contributed by atoms with Gasteiger partial charge >= 0.3 is 5.97 Å². The van der Waals surface area contributed by atoms with E-state index in [1.54, 1.807) is 6.08 Å². The third kappa shape index (κ3) is 34.0. The van der Waals surface area contributed by atoms with Gasteiger partial charge in [-0.15, -0.1) is 0 Å². The van der Waals surface area contributed by atoms with Crippen LogP contribution in [0.2, 0.25) is 0 Å². The van der Waals surface area contributed by atoms with Crippen LogP contribution in [-0.2, 0) is 23.8 Å². The zero-order valence-corrected chi connectivity index (χ0v) is 43.0. The van der Waals surface area contributed by atoms with Crippen molar-refractivity contribution in [2.45, 2.75) is 294 Å². The predicted octanol–water partition coefficient (Wildman–Crippen LogP) is 11.9. The molecule has 11 heteroatoms. The predicted molar refractivity (Wildman–Crippen MR) is 274 cm³/mol. The number of amides is 1. The topological polar surface area (TPSA) is 175 Å². The number of rotatable bonds is 46. The molecule has 1 saturated heterocycles. The first kappa shape index (κ1) is 62.9. The second-order valence-electron chi connectivity index (χ2n) is 19.3. The number of aliphatic hydroxyl groups is 5. The number of allylic oxidation sites excluding steroid dienone is 5. The highest BCUT2D eigenvalue weighted by molar-refractivity contribution is 5.80. The molecule has 0 aromatic carbocycles. The normalized spacial score (nSPS) is 20.3. The van der Waals surface area contributed by atoms with Gasteiger partial charge in [0.25, 0.3) is 0 Å². The zero-order valence-electron chi connectivity index (χ0n) is 43.0. The van der Waals surface area contributed by atoms with Crippen molar-refractivity contribution in [1.82, 2.24) is 5.32 Å². The van der Waals surface area contributed by atoms with Gasteiger partial charge < -0.3 is 45.1 Å². The molecule has 392 valence electrons. The number of carbonyl (C=O) groups is 2. The number of esters is 1. The van der Waals surface area contributed by atoms with Crippen molar-refractivity contribution in [2.24, 2.45) is 0 Å². The minimum atomic E-state index is -1.63. The molecule has 0 aromatic heterocycles. The molecule has 67 heavy (non-hydrogen) atoms. The highest BCUT2D eigenvalue weighted by atomic mass is 16.7. The lowest BCUT2D eigenvalue weighted by Gasteiger charge is -2.41. The van der Waals surface area contributed by atoms with Gasteiger partial charge in [-0.1, -0.05) is 231 Å². The van der Waals surface area contributed by atoms with Crippen LogP contribution in [0.15, 0.2) is 36.5 Å². The quantitative estimate of drug-likeness (QED) is 0.0196. The van der Waals surface area contributed by atoms with Crippen molar-refractivity contribution >= 4 is 11.9 Å². The average Bonchev–Trinajstić information content (AvgIpc) is 3.32. The molecule has 8 unspecified atom stereocenters. The van der Waals surface area contributed by atoms with E-state index in [0.29, 0.717) is 19.3 Å². The van der Waals surface area contributed by atoms with Crippen molar-refractivity contribution in [1.29, 1.82) is 0 Å². The molecular formula is C56H103NO10. The van der Waals surface area contributed by atoms with Gasteiger partial charge in [-0.05, 0) is 44.9 Å². The molecule has 0 spiro atoms. The summed E-state index contributed by atoms with van der Waals surface area (Å²) in [4.78, 5) is 26.3. The van der Waals surface area contributed by atoms with E-state index in [1.807, 2.05) is 18.2 Å². The first-order chi connectivity index (χ1) is 32.7. The van der Waals surface area contributed by atoms with Crippen LogP contribution in [0.5, 0.6) is 0 Å². The Morgan fingerprint density at radius 3 is 1.52 bits per heavy atom. The highest BCUT2D eigenvalue weighted by Crippen LogP contribution is 2.26. The molecule has 8 atom stereocenters. The average molecular weight is 950 g/mol. The Morgan fingerprint density at radius 2 is 1.03 bits per heavy atom. The van der Waals surface area contributed by atoms with Crippen LogP contribution < -0.4 is 5.32 Å². The van der Waals surface area contributed by atoms with E-state index in [-0.39, 0.29) is 13.0 Å². The second-order valence-corrected chi connectivity index (χ2v) is 19.3. The van der Waals surface area contributed by atoms with Crippen molar-refractivity contribution in [2.75, 3.05) is 13.2 Å². The minimum Gasteiger partial charge on any atom is -0.454 e. The fourth-order valence-corrected chi connectivity index (χ4v) is 8.59. The Balaban J connectivity index is 2.77. The molecular weight excluding hydrogens is 847 g/mol. The van der Waals surface area contributed by atoms with Crippen LogP contribution in [0.25, 0.3) is 0 Å². The summed E-state index contributed by atoms with van der Waals surface area (Å²) in [5.74, 6) is -1.26. The first-order valence-electron chi connectivity index (χ1n) is 27.8. The van der Waals surface area contributed by atoms with E-state index >= 15 is 0 Å². The zero-order chi connectivity index (χ0) is 49.0. The number of hydrogen-bond acceptors (Lipinski definition) is 10. The molecule has 1 amide bonds. The van der Waals surface area contributed by atoms with E-state index in [2.05, 4.69) is 38.2 Å². The summed E-state index contributed by atoms with van der Waals surface area (Å²) in [5.41, 5.74) is 0. The highest BCUT2D eigenvalue weighted by Gasteiger charge is 2.47. The molecule has 1 rings (SSSR count). The van der Waals surface area contributed by atoms with E-state index in [4.69, 9.17) is 14.2 Å². The fourth-order valence-electron chi connectivity index (χ4n) is 8.59. The summed E-state index contributed by atoms with van der Waals surface area (Å²) in [6.45, 7) is 5.73. The molecule has 1 fully saturated rings. The van der Waals surface area contributed by atoms with Gasteiger partial charge in [0.2, 0.25) is 5.91 Å². The Bertz CT molecular complexity index is 1230. The molecule has 0 bridgehead atoms. The Kier molecular flexibility index (Phi) is 42.3. The lowest BCUT2D eigenvalue weighted by molar-refractivity contribution is -0.305. The monoisotopic (exact) mass is 950 g/mol. The molecule has 1 aliphatic rings. The van der Waals surface area contributed by atoms with Gasteiger partial charge in [-0.25, -0.2) is 0 Å². The summed E-state index contributed by atoms with van der Waals surface area (Å²) >= 11 is 0. The number of hydrogen-bond donors (Lipinski definition) is 6. The van der Waals surface area contributed by atoms with Crippen molar-refractivity contribution < 1.29 is 49.3 Å². The SMILES string of the molecule is CCCCCCCC/C=C\C/C=C/CCC(=O)OC1C(OCC(NC(=O)C(O)CCCCCCCCCCCCCCCC)C(O)/C=C/CCCCCCCCCCC)OC(CO)C(O)C1O. The summed E-state index contributed by atoms with van der Waals surface area (Å²) < 4.78 is 17.5. The number of nitrogens with one attached hydrogen (secondary N) is 1. The summed E-state index contributed by atoms with van der Waals surface area (Å²) in [6, 6.07) is -1.03. The molecule has 11 nitrogen and oxygen atoms in total. The van der Waals surface area contributed by atoms with Crippen LogP contribution in [0.3, 0.4) is 0 Å². The van der Waals surface area contributed by atoms with E-state index in [9.17, 15) is 35.1 Å². The molecule has 0 aliphatic carbocycles.